The van der Waals surface area contributed by atoms with Crippen LogP contribution in [0, 0.1) is 5.41 Å². The Morgan fingerprint density at radius 2 is 2.00 bits per heavy atom. The van der Waals surface area contributed by atoms with Gasteiger partial charge < -0.3 is 5.73 Å². The summed E-state index contributed by atoms with van der Waals surface area (Å²) in [5, 5.41) is 0. The Kier molecular flexibility index (Phi) is 1.33. The average Bonchev–Trinajstić information content (AvgIpc) is 1.61. The maximum Gasteiger partial charge on any atom is 0.151 e. The summed E-state index contributed by atoms with van der Waals surface area (Å²) in [7, 11) is -2.68. The standard InChI is InChI=1S/C5H11NO2S/c1-5(2-6)3-9(7,8)4-5/h2-4,6H2,1H3. The Hall–Kier alpha value is -0.0900. The van der Waals surface area contributed by atoms with Crippen LogP contribution in [-0.4, -0.2) is 26.5 Å². The number of hydrogen-bond acceptors (Lipinski definition) is 3. The SMILES string of the molecule is CC1(CN)CS(=O)(=O)C1. The Morgan fingerprint density at radius 1 is 1.56 bits per heavy atom. The molecule has 0 aliphatic carbocycles. The van der Waals surface area contributed by atoms with Crippen LogP contribution in [0.4, 0.5) is 0 Å². The Morgan fingerprint density at radius 3 is 2.11 bits per heavy atom. The topological polar surface area (TPSA) is 60.2 Å². The lowest BCUT2D eigenvalue weighted by Gasteiger charge is -2.36. The Balaban J connectivity index is 2.61. The Labute approximate surface area is 55.2 Å². The maximum absolute atomic E-state index is 10.6. The lowest BCUT2D eigenvalue weighted by Crippen LogP contribution is -2.50. The van der Waals surface area contributed by atoms with Gasteiger partial charge in [-0.15, -0.1) is 0 Å². The van der Waals surface area contributed by atoms with Gasteiger partial charge in [-0.05, 0) is 6.54 Å². The van der Waals surface area contributed by atoms with Crippen LogP contribution in [0.25, 0.3) is 0 Å². The molecule has 54 valence electrons. The minimum Gasteiger partial charge on any atom is -0.330 e. The van der Waals surface area contributed by atoms with E-state index in [4.69, 9.17) is 5.73 Å². The zero-order valence-electron chi connectivity index (χ0n) is 5.42. The summed E-state index contributed by atoms with van der Waals surface area (Å²) in [6, 6.07) is 0. The van der Waals surface area contributed by atoms with Gasteiger partial charge in [0.15, 0.2) is 9.84 Å². The maximum atomic E-state index is 10.6. The molecule has 0 amide bonds. The molecule has 0 radical (unpaired) electrons. The van der Waals surface area contributed by atoms with Crippen molar-refractivity contribution in [3.63, 3.8) is 0 Å². The van der Waals surface area contributed by atoms with E-state index in [1.807, 2.05) is 6.92 Å². The third kappa shape index (κ3) is 1.24. The highest BCUT2D eigenvalue weighted by molar-refractivity contribution is 7.92. The van der Waals surface area contributed by atoms with Gasteiger partial charge in [-0.25, -0.2) is 8.42 Å². The highest BCUT2D eigenvalue weighted by Crippen LogP contribution is 2.30. The monoisotopic (exact) mass is 149 g/mol. The fourth-order valence-corrected chi connectivity index (χ4v) is 3.41. The van der Waals surface area contributed by atoms with E-state index in [2.05, 4.69) is 0 Å². The first-order chi connectivity index (χ1) is 3.97. The summed E-state index contributed by atoms with van der Waals surface area (Å²) in [6.07, 6.45) is 0. The van der Waals surface area contributed by atoms with E-state index in [0.717, 1.165) is 0 Å². The first kappa shape index (κ1) is 7.02. The van der Waals surface area contributed by atoms with E-state index in [-0.39, 0.29) is 16.9 Å². The molecule has 1 saturated heterocycles. The minimum absolute atomic E-state index is 0.112. The Bertz CT molecular complexity index is 195. The van der Waals surface area contributed by atoms with Gasteiger partial charge in [-0.3, -0.25) is 0 Å². The second-order valence-electron chi connectivity index (χ2n) is 3.05. The van der Waals surface area contributed by atoms with Crippen molar-refractivity contribution in [3.8, 4) is 0 Å². The molecule has 2 N–H and O–H groups in total. The summed E-state index contributed by atoms with van der Waals surface area (Å²) >= 11 is 0. The molecular weight excluding hydrogens is 138 g/mol. The van der Waals surface area contributed by atoms with E-state index in [1.165, 1.54) is 0 Å². The molecule has 3 nitrogen and oxygen atoms in total. The fourth-order valence-electron chi connectivity index (χ4n) is 1.14. The van der Waals surface area contributed by atoms with Gasteiger partial charge in [0, 0.05) is 5.41 Å². The largest absolute Gasteiger partial charge is 0.330 e. The smallest absolute Gasteiger partial charge is 0.151 e. The molecular formula is C5H11NO2S. The van der Waals surface area contributed by atoms with Crippen LogP contribution in [0.2, 0.25) is 0 Å². The zero-order valence-corrected chi connectivity index (χ0v) is 6.24. The number of sulfone groups is 1. The molecule has 1 rings (SSSR count). The van der Waals surface area contributed by atoms with Crippen LogP contribution in [-0.2, 0) is 9.84 Å². The van der Waals surface area contributed by atoms with E-state index in [0.29, 0.717) is 6.54 Å². The molecule has 0 aromatic heterocycles. The van der Waals surface area contributed by atoms with Crippen LogP contribution in [0.5, 0.6) is 0 Å². The molecule has 0 aromatic rings. The van der Waals surface area contributed by atoms with Crippen LogP contribution in [0.3, 0.4) is 0 Å². The molecule has 0 atom stereocenters. The summed E-state index contributed by atoms with van der Waals surface area (Å²) in [4.78, 5) is 0. The second-order valence-corrected chi connectivity index (χ2v) is 5.11. The number of hydrogen-bond donors (Lipinski definition) is 1. The first-order valence-electron chi connectivity index (χ1n) is 2.88. The third-order valence-electron chi connectivity index (χ3n) is 1.63. The first-order valence-corrected chi connectivity index (χ1v) is 4.70. The molecule has 9 heavy (non-hydrogen) atoms. The highest BCUT2D eigenvalue weighted by atomic mass is 32.2. The summed E-state index contributed by atoms with van der Waals surface area (Å²) in [5.74, 6) is 0.549. The molecule has 0 spiro atoms. The van der Waals surface area contributed by atoms with Crippen LogP contribution >= 0.6 is 0 Å². The van der Waals surface area contributed by atoms with Crippen LogP contribution in [0.1, 0.15) is 6.92 Å². The molecule has 0 unspecified atom stereocenters. The van der Waals surface area contributed by atoms with Gasteiger partial charge in [-0.2, -0.15) is 0 Å². The van der Waals surface area contributed by atoms with Gasteiger partial charge in [0.25, 0.3) is 0 Å². The van der Waals surface area contributed by atoms with Crippen molar-refractivity contribution in [2.75, 3.05) is 18.1 Å². The number of nitrogens with two attached hydrogens (primary N) is 1. The van der Waals surface area contributed by atoms with Crippen molar-refractivity contribution in [2.24, 2.45) is 11.1 Å². The van der Waals surface area contributed by atoms with Gasteiger partial charge in [0.2, 0.25) is 0 Å². The lowest BCUT2D eigenvalue weighted by atomic mass is 9.96. The summed E-state index contributed by atoms with van der Waals surface area (Å²) in [5.41, 5.74) is 5.21. The number of rotatable bonds is 1. The lowest BCUT2D eigenvalue weighted by molar-refractivity contribution is 0.382. The summed E-state index contributed by atoms with van der Waals surface area (Å²) < 4.78 is 21.2. The predicted octanol–water partition coefficient (Wildman–Crippen LogP) is -0.620. The normalized spacial score (nSPS) is 29.1. The molecule has 0 saturated carbocycles. The average molecular weight is 149 g/mol. The van der Waals surface area contributed by atoms with Crippen molar-refractivity contribution in [1.82, 2.24) is 0 Å². The van der Waals surface area contributed by atoms with Gasteiger partial charge in [0.1, 0.15) is 0 Å². The van der Waals surface area contributed by atoms with Crippen molar-refractivity contribution in [3.05, 3.63) is 0 Å². The van der Waals surface area contributed by atoms with E-state index in [9.17, 15) is 8.42 Å². The van der Waals surface area contributed by atoms with Crippen LogP contribution in [0.15, 0.2) is 0 Å². The van der Waals surface area contributed by atoms with Crippen molar-refractivity contribution >= 4 is 9.84 Å². The molecule has 0 aromatic carbocycles. The van der Waals surface area contributed by atoms with Gasteiger partial charge >= 0.3 is 0 Å². The molecule has 1 fully saturated rings. The van der Waals surface area contributed by atoms with E-state index >= 15 is 0 Å². The van der Waals surface area contributed by atoms with Crippen molar-refractivity contribution < 1.29 is 8.42 Å². The van der Waals surface area contributed by atoms with Crippen molar-refractivity contribution in [1.29, 1.82) is 0 Å². The molecule has 4 heteroatoms. The molecule has 1 aliphatic rings. The quantitative estimate of drug-likeness (QED) is 0.540. The minimum atomic E-state index is -2.68. The highest BCUT2D eigenvalue weighted by Gasteiger charge is 2.43. The van der Waals surface area contributed by atoms with E-state index in [1.54, 1.807) is 0 Å². The third-order valence-corrected chi connectivity index (χ3v) is 3.90. The molecule has 1 aliphatic heterocycles. The molecule has 0 bridgehead atoms. The van der Waals surface area contributed by atoms with Gasteiger partial charge in [0.05, 0.1) is 11.5 Å². The zero-order chi connectivity index (χ0) is 7.12. The van der Waals surface area contributed by atoms with Crippen LogP contribution < -0.4 is 5.73 Å². The fraction of sp³-hybridized carbons (Fsp3) is 1.00. The van der Waals surface area contributed by atoms with Gasteiger partial charge in [-0.1, -0.05) is 6.92 Å². The molecule has 1 heterocycles. The summed E-state index contributed by atoms with van der Waals surface area (Å²) in [6.45, 7) is 2.38. The van der Waals surface area contributed by atoms with E-state index < -0.39 is 9.84 Å². The van der Waals surface area contributed by atoms with Crippen molar-refractivity contribution in [2.45, 2.75) is 6.92 Å². The second kappa shape index (κ2) is 1.70. The predicted molar refractivity (Wildman–Crippen MR) is 35.8 cm³/mol.